The molecule has 3 fully saturated rings. The molecule has 0 spiro atoms. The highest BCUT2D eigenvalue weighted by Crippen LogP contribution is 2.63. The number of aromatic nitrogens is 2. The van der Waals surface area contributed by atoms with Crippen molar-refractivity contribution in [1.82, 2.24) is 20.8 Å². The lowest BCUT2D eigenvalue weighted by molar-refractivity contribution is -0.128. The van der Waals surface area contributed by atoms with E-state index in [2.05, 4.69) is 20.8 Å². The van der Waals surface area contributed by atoms with Crippen molar-refractivity contribution in [1.29, 1.82) is 0 Å². The van der Waals surface area contributed by atoms with E-state index in [4.69, 9.17) is 4.42 Å². The lowest BCUT2D eigenvalue weighted by atomic mass is 9.86. The molecule has 2 heterocycles. The number of rotatable bonds is 5. The summed E-state index contributed by atoms with van der Waals surface area (Å²) in [5.41, 5.74) is 0.981. The van der Waals surface area contributed by atoms with Gasteiger partial charge in [0.2, 0.25) is 5.91 Å². The molecule has 7 nitrogen and oxygen atoms in total. The molecular formula is C19H22N4O3. The van der Waals surface area contributed by atoms with Gasteiger partial charge < -0.3 is 15.1 Å². The van der Waals surface area contributed by atoms with Crippen molar-refractivity contribution in [2.45, 2.75) is 50.6 Å². The Kier molecular flexibility index (Phi) is 3.45. The van der Waals surface area contributed by atoms with Gasteiger partial charge in [-0.25, -0.2) is 0 Å². The molecule has 5 rings (SSSR count). The zero-order valence-electron chi connectivity index (χ0n) is 14.5. The van der Waals surface area contributed by atoms with E-state index in [0.29, 0.717) is 23.1 Å². The summed E-state index contributed by atoms with van der Waals surface area (Å²) in [6, 6.07) is 5.55. The molecular weight excluding hydrogens is 332 g/mol. The number of carbonyl (C=O) groups excluding carboxylic acids is 2. The summed E-state index contributed by atoms with van der Waals surface area (Å²) >= 11 is 0. The highest BCUT2D eigenvalue weighted by Gasteiger charge is 2.62. The molecule has 3 aliphatic carbocycles. The van der Waals surface area contributed by atoms with E-state index in [-0.39, 0.29) is 29.3 Å². The normalized spacial score (nSPS) is 31.8. The van der Waals surface area contributed by atoms with Crippen LogP contribution >= 0.6 is 0 Å². The summed E-state index contributed by atoms with van der Waals surface area (Å²) in [6.07, 6.45) is 7.66. The fraction of sp³-hybridized carbons (Fsp3) is 0.526. The van der Waals surface area contributed by atoms with Gasteiger partial charge in [-0.1, -0.05) is 6.42 Å². The number of furan rings is 1. The molecule has 0 saturated heterocycles. The fourth-order valence-corrected chi connectivity index (χ4v) is 4.56. The summed E-state index contributed by atoms with van der Waals surface area (Å²) in [7, 11) is 0. The molecule has 136 valence electrons. The Morgan fingerprint density at radius 1 is 1.27 bits per heavy atom. The van der Waals surface area contributed by atoms with Gasteiger partial charge in [-0.2, -0.15) is 5.10 Å². The topological polar surface area (TPSA) is 100 Å². The van der Waals surface area contributed by atoms with E-state index in [1.807, 2.05) is 6.07 Å². The highest BCUT2D eigenvalue weighted by molar-refractivity contribution is 5.93. The first-order valence-electron chi connectivity index (χ1n) is 9.35. The van der Waals surface area contributed by atoms with Crippen LogP contribution in [0.3, 0.4) is 0 Å². The van der Waals surface area contributed by atoms with Gasteiger partial charge in [0.15, 0.2) is 11.5 Å². The number of hydrogen-bond acceptors (Lipinski definition) is 4. The number of amides is 2. The van der Waals surface area contributed by atoms with Crippen molar-refractivity contribution >= 4 is 11.8 Å². The van der Waals surface area contributed by atoms with Gasteiger partial charge in [0.05, 0.1) is 11.7 Å². The first-order valence-corrected chi connectivity index (χ1v) is 9.35. The molecule has 3 N–H and O–H groups in total. The number of aromatic amines is 1. The lowest BCUT2D eigenvalue weighted by Crippen LogP contribution is -2.55. The summed E-state index contributed by atoms with van der Waals surface area (Å²) in [4.78, 5) is 24.8. The molecule has 0 bridgehead atoms. The molecule has 3 saturated carbocycles. The number of H-pyrrole nitrogens is 1. The third kappa shape index (κ3) is 2.53. The van der Waals surface area contributed by atoms with E-state index in [0.717, 1.165) is 25.7 Å². The zero-order chi connectivity index (χ0) is 17.7. The molecule has 7 heteroatoms. The van der Waals surface area contributed by atoms with Gasteiger partial charge in [0.25, 0.3) is 5.91 Å². The monoisotopic (exact) mass is 354 g/mol. The van der Waals surface area contributed by atoms with Crippen molar-refractivity contribution < 1.29 is 14.0 Å². The van der Waals surface area contributed by atoms with E-state index < -0.39 is 0 Å². The zero-order valence-corrected chi connectivity index (χ0v) is 14.5. The molecule has 26 heavy (non-hydrogen) atoms. The van der Waals surface area contributed by atoms with Crippen molar-refractivity contribution in [2.75, 3.05) is 0 Å². The molecule has 0 aliphatic heterocycles. The predicted octanol–water partition coefficient (Wildman–Crippen LogP) is 2.24. The second kappa shape index (κ2) is 5.72. The lowest BCUT2D eigenvalue weighted by Gasteiger charge is -2.36. The first-order chi connectivity index (χ1) is 12.6. The summed E-state index contributed by atoms with van der Waals surface area (Å²) in [6.45, 7) is 0. The van der Waals surface area contributed by atoms with Crippen LogP contribution in [0.15, 0.2) is 28.9 Å². The van der Waals surface area contributed by atoms with E-state index in [1.54, 1.807) is 18.4 Å². The van der Waals surface area contributed by atoms with Gasteiger partial charge >= 0.3 is 0 Å². The Morgan fingerprint density at radius 2 is 2.12 bits per heavy atom. The smallest absolute Gasteiger partial charge is 0.272 e. The third-order valence-corrected chi connectivity index (χ3v) is 6.27. The number of nitrogens with one attached hydrogen (secondary N) is 3. The predicted molar refractivity (Wildman–Crippen MR) is 93.1 cm³/mol. The van der Waals surface area contributed by atoms with E-state index in [9.17, 15) is 9.59 Å². The maximum atomic E-state index is 12.5. The Hall–Kier alpha value is -2.57. The van der Waals surface area contributed by atoms with Crippen LogP contribution in [0.4, 0.5) is 0 Å². The Morgan fingerprint density at radius 3 is 2.81 bits per heavy atom. The van der Waals surface area contributed by atoms with Crippen LogP contribution in [-0.4, -0.2) is 34.1 Å². The molecule has 0 radical (unpaired) electrons. The minimum atomic E-state index is -0.203. The summed E-state index contributed by atoms with van der Waals surface area (Å²) < 4.78 is 5.29. The first kappa shape index (κ1) is 15.7. The van der Waals surface area contributed by atoms with E-state index in [1.165, 1.54) is 12.8 Å². The highest BCUT2D eigenvalue weighted by atomic mass is 16.3. The molecule has 2 aromatic rings. The third-order valence-electron chi connectivity index (χ3n) is 6.27. The number of hydrogen-bond donors (Lipinski definition) is 3. The maximum Gasteiger partial charge on any atom is 0.272 e. The number of nitrogens with zero attached hydrogens (tertiary/aromatic N) is 1. The molecule has 2 aromatic heterocycles. The van der Waals surface area contributed by atoms with Crippen LogP contribution in [0, 0.1) is 11.3 Å². The molecule has 0 unspecified atom stereocenters. The summed E-state index contributed by atoms with van der Waals surface area (Å²) in [5, 5.41) is 13.0. The van der Waals surface area contributed by atoms with Crippen LogP contribution in [0.2, 0.25) is 0 Å². The van der Waals surface area contributed by atoms with Gasteiger partial charge in [-0.05, 0) is 50.2 Å². The minimum Gasteiger partial charge on any atom is -0.463 e. The Labute approximate surface area is 150 Å². The standard InChI is InChI=1S/C19H22N4O3/c24-17(15-9-14(22-23-15)16-4-2-6-26-16)20-12-7-13(8-12)21-18(25)19-5-1-3-11(19)10-19/h2,4,6,9,11-13H,1,3,5,7-8,10H2,(H,20,24)(H,21,25)(H,22,23)/t11-,12?,13?,19-/m1/s1. The molecule has 0 aromatic carbocycles. The quantitative estimate of drug-likeness (QED) is 0.766. The van der Waals surface area contributed by atoms with Crippen molar-refractivity contribution in [3.05, 3.63) is 30.2 Å². The number of fused-ring (bicyclic) bond motifs is 1. The van der Waals surface area contributed by atoms with Gasteiger partial charge in [-0.15, -0.1) is 0 Å². The van der Waals surface area contributed by atoms with Crippen molar-refractivity contribution in [2.24, 2.45) is 11.3 Å². The largest absolute Gasteiger partial charge is 0.463 e. The van der Waals surface area contributed by atoms with Crippen LogP contribution in [-0.2, 0) is 4.79 Å². The minimum absolute atomic E-state index is 0.0361. The maximum absolute atomic E-state index is 12.5. The van der Waals surface area contributed by atoms with Gasteiger partial charge in [0, 0.05) is 18.2 Å². The van der Waals surface area contributed by atoms with Crippen LogP contribution in [0.25, 0.3) is 11.5 Å². The Bertz CT molecular complexity index is 837. The average molecular weight is 354 g/mol. The van der Waals surface area contributed by atoms with Gasteiger partial charge in [0.1, 0.15) is 5.69 Å². The van der Waals surface area contributed by atoms with Crippen LogP contribution < -0.4 is 10.6 Å². The molecule has 2 amide bonds. The summed E-state index contributed by atoms with van der Waals surface area (Å²) in [5.74, 6) is 1.31. The average Bonchev–Trinajstić information content (AvgIpc) is 3.11. The molecule has 3 aliphatic rings. The fourth-order valence-electron chi connectivity index (χ4n) is 4.56. The van der Waals surface area contributed by atoms with E-state index >= 15 is 0 Å². The number of carbonyl (C=O) groups is 2. The second-order valence-corrected chi connectivity index (χ2v) is 7.91. The molecule has 2 atom stereocenters. The van der Waals surface area contributed by atoms with Crippen LogP contribution in [0.5, 0.6) is 0 Å². The van der Waals surface area contributed by atoms with Gasteiger partial charge in [-0.3, -0.25) is 14.7 Å². The Balaban J connectivity index is 1.11. The second-order valence-electron chi connectivity index (χ2n) is 7.91. The SMILES string of the molecule is O=C(NC1CC(NC(=O)[C@@]23CCC[C@@H]2C3)C1)c1cc(-c2ccco2)[nH]n1. The van der Waals surface area contributed by atoms with Crippen LogP contribution in [0.1, 0.15) is 49.0 Å². The van der Waals surface area contributed by atoms with Crippen molar-refractivity contribution in [3.63, 3.8) is 0 Å². The van der Waals surface area contributed by atoms with Crippen molar-refractivity contribution in [3.8, 4) is 11.5 Å².